The summed E-state index contributed by atoms with van der Waals surface area (Å²) in [7, 11) is 0. The van der Waals surface area contributed by atoms with Crippen molar-refractivity contribution in [1.29, 1.82) is 0 Å². The molecular weight excluding hydrogens is 414 g/mol. The monoisotopic (exact) mass is 437 g/mol. The molecule has 31 heavy (non-hydrogen) atoms. The number of carbonyl (C=O) groups excluding carboxylic acids is 2. The number of aliphatic hydroxyl groups excluding tert-OH is 1. The van der Waals surface area contributed by atoms with E-state index in [0.717, 1.165) is 4.70 Å². The molecule has 1 N–H and O–H groups in total. The summed E-state index contributed by atoms with van der Waals surface area (Å²) in [5.41, 5.74) is 0.449. The summed E-state index contributed by atoms with van der Waals surface area (Å²) in [5, 5.41) is 11.1. The molecule has 3 aromatic rings. The highest BCUT2D eigenvalue weighted by atomic mass is 32.1. The second-order valence-electron chi connectivity index (χ2n) is 8.23. The number of ketones is 1. The Balaban J connectivity index is 1.86. The normalized spacial score (nSPS) is 17.0. The van der Waals surface area contributed by atoms with Crippen LogP contribution in [-0.4, -0.2) is 33.4 Å². The molecule has 8 heteroatoms. The van der Waals surface area contributed by atoms with Gasteiger partial charge in [-0.25, -0.2) is 4.98 Å². The summed E-state index contributed by atoms with van der Waals surface area (Å²) < 4.78 is 6.40. The molecule has 4 rings (SSSR count). The van der Waals surface area contributed by atoms with Gasteiger partial charge in [0.15, 0.2) is 16.7 Å². The number of Topliss-reactive ketones (excluding diaryl/α,β-unsaturated/α-hetero) is 1. The van der Waals surface area contributed by atoms with Crippen LogP contribution in [-0.2, 0) is 9.59 Å². The number of benzene rings is 1. The molecule has 0 saturated heterocycles. The van der Waals surface area contributed by atoms with Gasteiger partial charge in [0.25, 0.3) is 5.91 Å². The molecule has 0 spiro atoms. The highest BCUT2D eigenvalue weighted by Crippen LogP contribution is 2.45. The largest absolute Gasteiger partial charge is 0.503 e. The third kappa shape index (κ3) is 3.67. The van der Waals surface area contributed by atoms with E-state index in [1.165, 1.54) is 16.2 Å². The number of thiazole rings is 1. The van der Waals surface area contributed by atoms with Crippen molar-refractivity contribution in [3.05, 3.63) is 59.6 Å². The van der Waals surface area contributed by atoms with Crippen molar-refractivity contribution in [1.82, 2.24) is 9.97 Å². The van der Waals surface area contributed by atoms with Gasteiger partial charge in [0, 0.05) is 11.6 Å². The molecule has 0 fully saturated rings. The Kier molecular flexibility index (Phi) is 5.26. The molecule has 1 aliphatic rings. The van der Waals surface area contributed by atoms with Crippen LogP contribution in [0.5, 0.6) is 5.75 Å². The molecule has 1 aliphatic heterocycles. The number of hydrogen-bond donors (Lipinski definition) is 1. The van der Waals surface area contributed by atoms with Crippen LogP contribution in [0.25, 0.3) is 10.2 Å². The summed E-state index contributed by atoms with van der Waals surface area (Å²) >= 11 is 1.30. The highest BCUT2D eigenvalue weighted by Gasteiger charge is 2.48. The van der Waals surface area contributed by atoms with E-state index in [1.54, 1.807) is 45.2 Å². The Morgan fingerprint density at radius 1 is 1.26 bits per heavy atom. The van der Waals surface area contributed by atoms with Crippen molar-refractivity contribution in [2.45, 2.75) is 33.7 Å². The van der Waals surface area contributed by atoms with Gasteiger partial charge in [0.1, 0.15) is 11.8 Å². The van der Waals surface area contributed by atoms with E-state index < -0.39 is 23.1 Å². The third-order valence-corrected chi connectivity index (χ3v) is 5.99. The Morgan fingerprint density at radius 2 is 2.03 bits per heavy atom. The van der Waals surface area contributed by atoms with Crippen LogP contribution in [0, 0.1) is 5.41 Å². The van der Waals surface area contributed by atoms with Crippen LogP contribution in [0.3, 0.4) is 0 Å². The fraction of sp³-hybridized carbons (Fsp3) is 0.304. The summed E-state index contributed by atoms with van der Waals surface area (Å²) in [4.78, 5) is 36.7. The van der Waals surface area contributed by atoms with Gasteiger partial charge in [-0.15, -0.1) is 0 Å². The van der Waals surface area contributed by atoms with Gasteiger partial charge in [-0.2, -0.15) is 0 Å². The van der Waals surface area contributed by atoms with E-state index in [2.05, 4.69) is 9.97 Å². The van der Waals surface area contributed by atoms with Gasteiger partial charge in [-0.3, -0.25) is 19.5 Å². The number of amides is 1. The van der Waals surface area contributed by atoms with Crippen molar-refractivity contribution in [3.8, 4) is 5.75 Å². The molecule has 0 saturated carbocycles. The molecule has 3 heterocycles. The summed E-state index contributed by atoms with van der Waals surface area (Å²) in [6.07, 6.45) is 1.60. The van der Waals surface area contributed by atoms with Gasteiger partial charge in [-0.05, 0) is 37.3 Å². The van der Waals surface area contributed by atoms with Crippen molar-refractivity contribution in [2.24, 2.45) is 5.41 Å². The van der Waals surface area contributed by atoms with Gasteiger partial charge in [0.05, 0.1) is 28.1 Å². The first-order chi connectivity index (χ1) is 14.7. The average Bonchev–Trinajstić information content (AvgIpc) is 3.26. The number of aromatic nitrogens is 2. The number of ether oxygens (including phenoxy) is 1. The molecule has 0 radical (unpaired) electrons. The minimum Gasteiger partial charge on any atom is -0.503 e. The maximum atomic E-state index is 13.2. The topological polar surface area (TPSA) is 92.6 Å². The molecule has 1 atom stereocenters. The molecule has 1 amide bonds. The highest BCUT2D eigenvalue weighted by molar-refractivity contribution is 7.22. The SMILES string of the molecule is CCOc1ccc2nc(N3C(=O)C(O)=C(C(=O)C(C)(C)C)C3c3ccccn3)sc2c1. The molecule has 7 nitrogen and oxygen atoms in total. The fourth-order valence-electron chi connectivity index (χ4n) is 3.51. The van der Waals surface area contributed by atoms with E-state index in [1.807, 2.05) is 25.1 Å². The Hall–Kier alpha value is -3.26. The number of rotatable bonds is 5. The zero-order chi connectivity index (χ0) is 22.3. The van der Waals surface area contributed by atoms with Crippen LogP contribution in [0.4, 0.5) is 5.13 Å². The number of anilines is 1. The minimum absolute atomic E-state index is 0.0467. The van der Waals surface area contributed by atoms with Gasteiger partial charge >= 0.3 is 0 Å². The number of nitrogens with zero attached hydrogens (tertiary/aromatic N) is 3. The van der Waals surface area contributed by atoms with E-state index in [-0.39, 0.29) is 11.4 Å². The Morgan fingerprint density at radius 3 is 2.68 bits per heavy atom. The molecular formula is C23H23N3O4S. The lowest BCUT2D eigenvalue weighted by Gasteiger charge is -2.26. The summed E-state index contributed by atoms with van der Waals surface area (Å²) in [5.74, 6) is -0.808. The minimum atomic E-state index is -0.854. The lowest BCUT2D eigenvalue weighted by molar-refractivity contribution is -0.123. The lowest BCUT2D eigenvalue weighted by atomic mass is 9.83. The first-order valence-corrected chi connectivity index (χ1v) is 10.8. The predicted molar refractivity (Wildman–Crippen MR) is 119 cm³/mol. The average molecular weight is 438 g/mol. The lowest BCUT2D eigenvalue weighted by Crippen LogP contribution is -2.33. The van der Waals surface area contributed by atoms with E-state index in [9.17, 15) is 14.7 Å². The number of aliphatic hydroxyl groups is 1. The van der Waals surface area contributed by atoms with Crippen LogP contribution < -0.4 is 9.64 Å². The maximum absolute atomic E-state index is 13.2. The van der Waals surface area contributed by atoms with Crippen molar-refractivity contribution < 1.29 is 19.4 Å². The summed E-state index contributed by atoms with van der Waals surface area (Å²) in [6.45, 7) is 7.71. The Labute approximate surface area is 184 Å². The second-order valence-corrected chi connectivity index (χ2v) is 9.24. The van der Waals surface area contributed by atoms with Gasteiger partial charge in [-0.1, -0.05) is 38.2 Å². The van der Waals surface area contributed by atoms with E-state index in [4.69, 9.17) is 4.74 Å². The van der Waals surface area contributed by atoms with Crippen LogP contribution in [0.15, 0.2) is 53.9 Å². The molecule has 1 aromatic carbocycles. The molecule has 0 aliphatic carbocycles. The van der Waals surface area contributed by atoms with Gasteiger partial charge < -0.3 is 9.84 Å². The van der Waals surface area contributed by atoms with Crippen molar-refractivity contribution in [3.63, 3.8) is 0 Å². The summed E-state index contributed by atoms with van der Waals surface area (Å²) in [6, 6.07) is 9.93. The number of pyridine rings is 1. The molecule has 0 bridgehead atoms. The molecule has 160 valence electrons. The van der Waals surface area contributed by atoms with Crippen molar-refractivity contribution >= 4 is 38.4 Å². The van der Waals surface area contributed by atoms with Crippen LogP contribution in [0.2, 0.25) is 0 Å². The number of hydrogen-bond acceptors (Lipinski definition) is 7. The predicted octanol–water partition coefficient (Wildman–Crippen LogP) is 4.61. The zero-order valence-corrected chi connectivity index (χ0v) is 18.6. The molecule has 1 unspecified atom stereocenters. The standard InChI is InChI=1S/C23H23N3O4S/c1-5-30-13-9-10-14-16(12-13)31-22(25-14)26-18(15-8-6-7-11-24-15)17(19(27)21(26)29)20(28)23(2,3)4/h6-12,18,27H,5H2,1-4H3. The zero-order valence-electron chi connectivity index (χ0n) is 17.7. The number of fused-ring (bicyclic) bond motifs is 1. The second kappa shape index (κ2) is 7.77. The quantitative estimate of drug-likeness (QED) is 0.627. The smallest absolute Gasteiger partial charge is 0.296 e. The van der Waals surface area contributed by atoms with Crippen LogP contribution >= 0.6 is 11.3 Å². The molecule has 2 aromatic heterocycles. The third-order valence-electron chi connectivity index (χ3n) is 4.97. The van der Waals surface area contributed by atoms with Gasteiger partial charge in [0.2, 0.25) is 0 Å². The van der Waals surface area contributed by atoms with E-state index in [0.29, 0.717) is 28.7 Å². The fourth-order valence-corrected chi connectivity index (χ4v) is 4.53. The first kappa shape index (κ1) is 21.0. The number of carbonyl (C=O) groups is 2. The van der Waals surface area contributed by atoms with Crippen LogP contribution in [0.1, 0.15) is 39.4 Å². The van der Waals surface area contributed by atoms with E-state index >= 15 is 0 Å². The maximum Gasteiger partial charge on any atom is 0.296 e. The Bertz CT molecular complexity index is 1190. The van der Waals surface area contributed by atoms with Crippen molar-refractivity contribution in [2.75, 3.05) is 11.5 Å². The first-order valence-electron chi connectivity index (χ1n) is 9.98.